The maximum atomic E-state index is 13.1. The highest BCUT2D eigenvalue weighted by Gasteiger charge is 2.59. The highest BCUT2D eigenvalue weighted by Crippen LogP contribution is 2.63. The average molecular weight is 935 g/mol. The van der Waals surface area contributed by atoms with Crippen LogP contribution in [0.25, 0.3) is 0 Å². The van der Waals surface area contributed by atoms with Gasteiger partial charge in [0, 0.05) is 18.8 Å². The molecule has 358 valence electrons. The van der Waals surface area contributed by atoms with E-state index in [1.165, 1.54) is 12.5 Å². The molecule has 1 N–H and O–H groups in total. The molecule has 2 unspecified atom stereocenters. The van der Waals surface area contributed by atoms with Gasteiger partial charge in [0.05, 0.1) is 12.8 Å². The van der Waals surface area contributed by atoms with Crippen LogP contribution in [0.3, 0.4) is 0 Å². The summed E-state index contributed by atoms with van der Waals surface area (Å²) in [5, 5.41) is 10.4. The lowest BCUT2D eigenvalue weighted by Crippen LogP contribution is -2.48. The normalized spacial score (nSPS) is 23.7. The van der Waals surface area contributed by atoms with Crippen molar-refractivity contribution in [3.63, 3.8) is 0 Å². The first kappa shape index (κ1) is 52.5. The van der Waals surface area contributed by atoms with Crippen LogP contribution < -0.4 is 0 Å². The third kappa shape index (κ3) is 15.0. The summed E-state index contributed by atoms with van der Waals surface area (Å²) in [6.07, 6.45) is -3.23. The summed E-state index contributed by atoms with van der Waals surface area (Å²) < 4.78 is 96.4. The number of benzene rings is 1. The zero-order valence-electron chi connectivity index (χ0n) is 36.2. The van der Waals surface area contributed by atoms with E-state index in [2.05, 4.69) is 6.92 Å². The minimum Gasteiger partial charge on any atom is -0.616 e. The number of halogens is 5. The van der Waals surface area contributed by atoms with Crippen LogP contribution in [0.5, 0.6) is 5.75 Å². The van der Waals surface area contributed by atoms with E-state index in [0.717, 1.165) is 76.2 Å². The quantitative estimate of drug-likeness (QED) is 0.0107. The predicted octanol–water partition coefficient (Wildman–Crippen LogP) is 8.35. The van der Waals surface area contributed by atoms with Crippen LogP contribution in [0.2, 0.25) is 0 Å². The number of Topliss-reactive ketones (excluding diaryl/α,β-unsaturated/α-hetero) is 2. The molecule has 0 heterocycles. The van der Waals surface area contributed by atoms with Crippen LogP contribution in [-0.4, -0.2) is 94.0 Å². The van der Waals surface area contributed by atoms with Gasteiger partial charge in [-0.1, -0.05) is 56.3 Å². The van der Waals surface area contributed by atoms with Gasteiger partial charge in [-0.3, -0.25) is 28.8 Å². The molecule has 0 radical (unpaired) electrons. The van der Waals surface area contributed by atoms with E-state index in [4.69, 9.17) is 18.9 Å². The molecule has 1 aromatic rings. The molecule has 3 aliphatic carbocycles. The molecular formula is C45H59F5O13S. The molecule has 0 aliphatic heterocycles. The fourth-order valence-corrected chi connectivity index (χ4v) is 11.2. The number of ether oxygens (including phenoxy) is 4. The van der Waals surface area contributed by atoms with Crippen LogP contribution >= 0.6 is 0 Å². The zero-order valence-corrected chi connectivity index (χ0v) is 37.0. The summed E-state index contributed by atoms with van der Waals surface area (Å²) in [6.45, 7) is 3.39. The van der Waals surface area contributed by atoms with Gasteiger partial charge in [0.15, 0.2) is 24.1 Å². The minimum atomic E-state index is -5.60. The third-order valence-electron chi connectivity index (χ3n) is 13.0. The van der Waals surface area contributed by atoms with Crippen LogP contribution in [0.1, 0.15) is 140 Å². The number of esters is 2. The van der Waals surface area contributed by atoms with E-state index in [1.54, 1.807) is 6.07 Å². The Morgan fingerprint density at radius 1 is 0.859 bits per heavy atom. The molecule has 1 aromatic carbocycles. The van der Waals surface area contributed by atoms with E-state index < -0.39 is 104 Å². The van der Waals surface area contributed by atoms with Crippen LogP contribution in [0.4, 0.5) is 26.7 Å². The van der Waals surface area contributed by atoms with Gasteiger partial charge in [-0.2, -0.15) is 22.0 Å². The number of carbonyl (C=O) groups is 7. The topological polar surface area (TPSA) is 200 Å². The Balaban J connectivity index is 1.24. The maximum Gasteiger partial charge on any atom is 0.511 e. The molecule has 64 heavy (non-hydrogen) atoms. The van der Waals surface area contributed by atoms with E-state index >= 15 is 0 Å². The number of rotatable bonds is 26. The first-order valence-electron chi connectivity index (χ1n) is 22.0. The number of aromatic hydroxyl groups is 1. The fraction of sp³-hybridized carbons (Fsp3) is 0.711. The minimum absolute atomic E-state index is 0.0351. The number of fused-ring (bicyclic) bond motifs is 5. The number of alkyl halides is 5. The van der Waals surface area contributed by atoms with Crippen molar-refractivity contribution in [2.75, 3.05) is 11.5 Å². The molecular weight excluding hydrogens is 876 g/mol. The highest BCUT2D eigenvalue weighted by atomic mass is 32.2. The average Bonchev–Trinajstić information content (AvgIpc) is 3.53. The number of phenols is 1. The largest absolute Gasteiger partial charge is 0.616 e. The van der Waals surface area contributed by atoms with Crippen molar-refractivity contribution in [1.29, 1.82) is 0 Å². The zero-order chi connectivity index (χ0) is 47.2. The standard InChI is InChI=1S/C45H59F5O13S/c1-28(60-39(56)25-40(57)62-34(23-32(54)26-51)24-33(55)27-52)61-42(58)63-38-15-14-37-41-29(21-30-22-31(53)12-13-35(30)36(41)16-18-43(37,38)2)11-8-6-4-3-5-7-9-19-64(59)20-10-17-44(46,47)45(48,49)50/h12-13,22,26-29,34,36-38,41,53H,3-11,14-21,23-25H2,1-2H3/t28?,29-,36-,37+,38+,41-,43+,64?/m1/s1. The van der Waals surface area contributed by atoms with Crippen LogP contribution in [-0.2, 0) is 65.3 Å². The number of phenolic OH excluding ortho intramolecular Hbond substituents is 1. The summed E-state index contributed by atoms with van der Waals surface area (Å²) >= 11 is -1.44. The van der Waals surface area contributed by atoms with Gasteiger partial charge in [0.1, 0.15) is 35.9 Å². The number of hydrogen-bond acceptors (Lipinski definition) is 13. The predicted molar refractivity (Wildman–Crippen MR) is 219 cm³/mol. The SMILES string of the molecule is CC(OC(=O)CC(=O)OC(CC(=O)C=O)CC(=O)C=O)OC(=O)O[C@H]1CC[C@H]2[C@@H]3[C@H](CCCCCCCCC[S+]([O-])CCCC(F)(F)C(F)(F)F)Cc4cc(O)ccc4[C@H]3CC[C@]12C. The summed E-state index contributed by atoms with van der Waals surface area (Å²) in [7, 11) is 0. The van der Waals surface area contributed by atoms with Crippen molar-refractivity contribution in [2.45, 2.75) is 166 Å². The molecule has 8 atom stereocenters. The Labute approximate surface area is 372 Å². The smallest absolute Gasteiger partial charge is 0.511 e. The van der Waals surface area contributed by atoms with Gasteiger partial charge >= 0.3 is 30.2 Å². The van der Waals surface area contributed by atoms with E-state index in [0.29, 0.717) is 24.7 Å². The van der Waals surface area contributed by atoms with Crippen molar-refractivity contribution >= 4 is 53.4 Å². The monoisotopic (exact) mass is 934 g/mol. The van der Waals surface area contributed by atoms with Crippen molar-refractivity contribution < 1.29 is 84.1 Å². The highest BCUT2D eigenvalue weighted by molar-refractivity contribution is 7.91. The van der Waals surface area contributed by atoms with Gasteiger partial charge in [-0.05, 0) is 105 Å². The Kier molecular flexibility index (Phi) is 19.6. The molecule has 13 nitrogen and oxygen atoms in total. The third-order valence-corrected chi connectivity index (χ3v) is 14.5. The Hall–Kier alpha value is -4.13. The molecule has 4 rings (SSSR count). The summed E-state index contributed by atoms with van der Waals surface area (Å²) in [6, 6.07) is 5.60. The molecule has 0 spiro atoms. The Morgan fingerprint density at radius 2 is 1.47 bits per heavy atom. The van der Waals surface area contributed by atoms with Gasteiger partial charge in [0.2, 0.25) is 6.29 Å². The molecule has 0 bridgehead atoms. The number of hydrogen-bond donors (Lipinski definition) is 1. The second-order valence-corrected chi connectivity index (χ2v) is 19.3. The number of carbonyl (C=O) groups excluding carboxylic acids is 7. The lowest BCUT2D eigenvalue weighted by atomic mass is 9.52. The number of aldehydes is 2. The van der Waals surface area contributed by atoms with Gasteiger partial charge in [0.25, 0.3) is 0 Å². The van der Waals surface area contributed by atoms with E-state index in [-0.39, 0.29) is 47.1 Å². The number of ketones is 2. The molecule has 0 amide bonds. The molecule has 19 heteroatoms. The second-order valence-electron chi connectivity index (χ2n) is 17.6. The van der Waals surface area contributed by atoms with Gasteiger partial charge in [-0.15, -0.1) is 0 Å². The maximum absolute atomic E-state index is 13.1. The summed E-state index contributed by atoms with van der Waals surface area (Å²) in [5.74, 6) is -7.69. The van der Waals surface area contributed by atoms with Crippen molar-refractivity contribution in [3.8, 4) is 5.75 Å². The van der Waals surface area contributed by atoms with E-state index in [9.17, 15) is 65.2 Å². The first-order chi connectivity index (χ1) is 30.2. The molecule has 0 saturated heterocycles. The van der Waals surface area contributed by atoms with E-state index in [1.807, 2.05) is 12.1 Å². The number of unbranched alkanes of at least 4 members (excludes halogenated alkanes) is 6. The Morgan fingerprint density at radius 3 is 2.11 bits per heavy atom. The van der Waals surface area contributed by atoms with Crippen molar-refractivity contribution in [3.05, 3.63) is 29.3 Å². The Bertz CT molecular complexity index is 1770. The van der Waals surface area contributed by atoms with Crippen LogP contribution in [0, 0.1) is 23.2 Å². The first-order valence-corrected chi connectivity index (χ1v) is 23.5. The van der Waals surface area contributed by atoms with Gasteiger partial charge < -0.3 is 28.6 Å². The van der Waals surface area contributed by atoms with Crippen LogP contribution in [0.15, 0.2) is 18.2 Å². The molecule has 3 aliphatic rings. The fourth-order valence-electron chi connectivity index (χ4n) is 10.0. The molecule has 2 fully saturated rings. The van der Waals surface area contributed by atoms with Crippen molar-refractivity contribution in [2.24, 2.45) is 23.2 Å². The molecule has 0 aromatic heterocycles. The molecule has 2 saturated carbocycles. The summed E-state index contributed by atoms with van der Waals surface area (Å²) in [4.78, 5) is 82.2. The summed E-state index contributed by atoms with van der Waals surface area (Å²) in [5.41, 5.74) is 2.01. The van der Waals surface area contributed by atoms with Gasteiger partial charge in [-0.25, -0.2) is 4.79 Å². The lowest BCUT2D eigenvalue weighted by molar-refractivity contribution is -0.284. The second kappa shape index (κ2) is 23.9. The van der Waals surface area contributed by atoms with Crippen molar-refractivity contribution in [1.82, 2.24) is 0 Å². The lowest BCUT2D eigenvalue weighted by Gasteiger charge is -2.53.